The van der Waals surface area contributed by atoms with Crippen molar-refractivity contribution in [3.8, 4) is 11.5 Å². The minimum absolute atomic E-state index is 0.111. The van der Waals surface area contributed by atoms with Crippen LogP contribution in [0.1, 0.15) is 13.8 Å². The van der Waals surface area contributed by atoms with Gasteiger partial charge in [0.15, 0.2) is 0 Å². The summed E-state index contributed by atoms with van der Waals surface area (Å²) in [4.78, 5) is 17.0. The highest BCUT2D eigenvalue weighted by molar-refractivity contribution is 6.52. The summed E-state index contributed by atoms with van der Waals surface area (Å²) in [6.07, 6.45) is 0. The number of rotatable bonds is 3. The van der Waals surface area contributed by atoms with Gasteiger partial charge in [-0.2, -0.15) is 0 Å². The Hall–Kier alpha value is -3.54. The molecule has 26 heavy (non-hydrogen) atoms. The second-order valence-corrected chi connectivity index (χ2v) is 5.95. The summed E-state index contributed by atoms with van der Waals surface area (Å²) >= 11 is 0. The van der Waals surface area contributed by atoms with Crippen molar-refractivity contribution in [2.75, 3.05) is 5.32 Å². The van der Waals surface area contributed by atoms with E-state index in [0.29, 0.717) is 22.6 Å². The third-order valence-corrected chi connectivity index (χ3v) is 4.11. The summed E-state index contributed by atoms with van der Waals surface area (Å²) in [7, 11) is 0. The van der Waals surface area contributed by atoms with Crippen LogP contribution in [-0.4, -0.2) is 26.8 Å². The smallest absolute Gasteiger partial charge is 0.211 e. The number of nitrogens with zero attached hydrogens (tertiary/aromatic N) is 1. The molecule has 0 bridgehead atoms. The molecular weight excluding hydrogens is 332 g/mol. The minimum Gasteiger partial charge on any atom is -0.508 e. The Morgan fingerprint density at radius 2 is 1.35 bits per heavy atom. The van der Waals surface area contributed by atoms with Crippen LogP contribution in [-0.2, 0) is 4.79 Å². The Morgan fingerprint density at radius 3 is 1.92 bits per heavy atom. The van der Waals surface area contributed by atoms with Gasteiger partial charge in [0.05, 0.1) is 11.4 Å². The standard InChI is InChI=1S/C20H18N2O4/c1-11-17(21-13-3-7-15(23)8-4-13)19(25)12(2)20(26)18(11)22-14-5-9-16(24)10-6-14/h3-10,21,23-25H,1-2H3. The number of nitrogens with one attached hydrogen (secondary N) is 1. The molecule has 0 aliphatic heterocycles. The molecule has 0 heterocycles. The van der Waals surface area contributed by atoms with Gasteiger partial charge in [0, 0.05) is 16.8 Å². The van der Waals surface area contributed by atoms with Gasteiger partial charge in [-0.25, -0.2) is 4.99 Å². The molecule has 0 atom stereocenters. The molecule has 4 N–H and O–H groups in total. The number of allylic oxidation sites excluding steroid dienone is 2. The first-order valence-corrected chi connectivity index (χ1v) is 7.96. The molecule has 0 saturated carbocycles. The molecule has 1 aliphatic rings. The quantitative estimate of drug-likeness (QED) is 0.495. The average Bonchev–Trinajstić information content (AvgIpc) is 2.64. The van der Waals surface area contributed by atoms with Crippen molar-refractivity contribution in [1.29, 1.82) is 0 Å². The number of carbonyl (C=O) groups is 1. The molecule has 0 fully saturated rings. The third kappa shape index (κ3) is 3.30. The maximum absolute atomic E-state index is 12.6. The van der Waals surface area contributed by atoms with E-state index in [2.05, 4.69) is 10.3 Å². The van der Waals surface area contributed by atoms with Crippen molar-refractivity contribution in [1.82, 2.24) is 0 Å². The van der Waals surface area contributed by atoms with Crippen LogP contribution in [0.15, 0.2) is 76.1 Å². The van der Waals surface area contributed by atoms with Gasteiger partial charge >= 0.3 is 0 Å². The summed E-state index contributed by atoms with van der Waals surface area (Å²) in [5.41, 5.74) is 2.45. The number of benzene rings is 2. The second-order valence-electron chi connectivity index (χ2n) is 5.95. The largest absolute Gasteiger partial charge is 0.508 e. The number of carbonyl (C=O) groups excluding carboxylic acids is 1. The van der Waals surface area contributed by atoms with Crippen LogP contribution in [0.4, 0.5) is 11.4 Å². The SMILES string of the molecule is CC1=C(O)C(Nc2ccc(O)cc2)=C(C)C(=Nc2ccc(O)cc2)C1=O. The van der Waals surface area contributed by atoms with Crippen LogP contribution in [0, 0.1) is 0 Å². The number of anilines is 1. The fourth-order valence-electron chi connectivity index (χ4n) is 2.57. The second kappa shape index (κ2) is 6.76. The normalized spacial score (nSPS) is 16.4. The lowest BCUT2D eigenvalue weighted by atomic mass is 9.92. The van der Waals surface area contributed by atoms with Gasteiger partial charge in [-0.1, -0.05) is 0 Å². The zero-order valence-corrected chi connectivity index (χ0v) is 14.3. The van der Waals surface area contributed by atoms with E-state index in [1.54, 1.807) is 31.2 Å². The molecular formula is C20H18N2O4. The molecule has 0 amide bonds. The Bertz CT molecular complexity index is 952. The van der Waals surface area contributed by atoms with E-state index in [4.69, 9.17) is 0 Å². The number of aliphatic imine (C=N–C) groups is 1. The van der Waals surface area contributed by atoms with Crippen molar-refractivity contribution in [2.45, 2.75) is 13.8 Å². The zero-order valence-electron chi connectivity index (χ0n) is 14.3. The molecule has 0 radical (unpaired) electrons. The highest BCUT2D eigenvalue weighted by Gasteiger charge is 2.29. The number of Topliss-reactive ketones (excluding diaryl/α,β-unsaturated/α-hetero) is 1. The van der Waals surface area contributed by atoms with Crippen LogP contribution < -0.4 is 5.32 Å². The highest BCUT2D eigenvalue weighted by Crippen LogP contribution is 2.29. The number of hydrogen-bond donors (Lipinski definition) is 4. The lowest BCUT2D eigenvalue weighted by Gasteiger charge is -2.21. The van der Waals surface area contributed by atoms with E-state index in [1.807, 2.05) is 0 Å². The van der Waals surface area contributed by atoms with E-state index < -0.39 is 0 Å². The van der Waals surface area contributed by atoms with Gasteiger partial charge < -0.3 is 20.6 Å². The average molecular weight is 350 g/mol. The van der Waals surface area contributed by atoms with Crippen LogP contribution in [0.25, 0.3) is 0 Å². The van der Waals surface area contributed by atoms with Crippen LogP contribution >= 0.6 is 0 Å². The minimum atomic E-state index is -0.357. The third-order valence-electron chi connectivity index (χ3n) is 4.11. The van der Waals surface area contributed by atoms with E-state index >= 15 is 0 Å². The fourth-order valence-corrected chi connectivity index (χ4v) is 2.57. The topological polar surface area (TPSA) is 102 Å². The summed E-state index contributed by atoms with van der Waals surface area (Å²) in [6, 6.07) is 12.5. The number of aliphatic hydroxyl groups is 1. The van der Waals surface area contributed by atoms with Gasteiger partial charge in [-0.15, -0.1) is 0 Å². The molecule has 0 saturated heterocycles. The number of ketones is 1. The number of hydrogen-bond acceptors (Lipinski definition) is 6. The molecule has 1 aliphatic carbocycles. The maximum Gasteiger partial charge on any atom is 0.211 e. The van der Waals surface area contributed by atoms with E-state index in [0.717, 1.165) is 0 Å². The predicted octanol–water partition coefficient (Wildman–Crippen LogP) is 3.97. The Kier molecular flexibility index (Phi) is 4.49. The summed E-state index contributed by atoms with van der Waals surface area (Å²) in [6.45, 7) is 3.23. The molecule has 2 aromatic rings. The summed E-state index contributed by atoms with van der Waals surface area (Å²) in [5.74, 6) is -0.250. The number of phenolic OH excluding ortho intramolecular Hbond substituents is 2. The van der Waals surface area contributed by atoms with Gasteiger partial charge in [0.1, 0.15) is 23.0 Å². The highest BCUT2D eigenvalue weighted by atomic mass is 16.3. The molecule has 3 rings (SSSR count). The Morgan fingerprint density at radius 1 is 0.808 bits per heavy atom. The number of phenols is 2. The van der Waals surface area contributed by atoms with Gasteiger partial charge in [-0.05, 0) is 62.4 Å². The summed E-state index contributed by atoms with van der Waals surface area (Å²) < 4.78 is 0. The van der Waals surface area contributed by atoms with Crippen molar-refractivity contribution < 1.29 is 20.1 Å². The Labute approximate surface area is 150 Å². The van der Waals surface area contributed by atoms with Gasteiger partial charge in [-0.3, -0.25) is 4.79 Å². The molecule has 6 nitrogen and oxygen atoms in total. The van der Waals surface area contributed by atoms with E-state index in [-0.39, 0.29) is 34.3 Å². The monoisotopic (exact) mass is 350 g/mol. The van der Waals surface area contributed by atoms with Crippen LogP contribution in [0.3, 0.4) is 0 Å². The number of aromatic hydroxyl groups is 2. The van der Waals surface area contributed by atoms with Crippen molar-refractivity contribution in [3.63, 3.8) is 0 Å². The van der Waals surface area contributed by atoms with Crippen molar-refractivity contribution in [3.05, 3.63) is 71.1 Å². The van der Waals surface area contributed by atoms with Gasteiger partial charge in [0.25, 0.3) is 0 Å². The van der Waals surface area contributed by atoms with Crippen molar-refractivity contribution in [2.24, 2.45) is 4.99 Å². The van der Waals surface area contributed by atoms with Crippen LogP contribution in [0.2, 0.25) is 0 Å². The first-order valence-electron chi connectivity index (χ1n) is 7.96. The molecule has 2 aromatic carbocycles. The van der Waals surface area contributed by atoms with E-state index in [9.17, 15) is 20.1 Å². The lowest BCUT2D eigenvalue weighted by Crippen LogP contribution is -2.26. The molecule has 0 aromatic heterocycles. The fraction of sp³-hybridized carbons (Fsp3) is 0.100. The summed E-state index contributed by atoms with van der Waals surface area (Å²) in [5, 5.41) is 32.3. The molecule has 132 valence electrons. The first-order chi connectivity index (χ1) is 12.4. The first kappa shape index (κ1) is 17.3. The van der Waals surface area contributed by atoms with Crippen LogP contribution in [0.5, 0.6) is 11.5 Å². The Balaban J connectivity index is 2.05. The molecule has 6 heteroatoms. The van der Waals surface area contributed by atoms with Gasteiger partial charge in [0.2, 0.25) is 5.78 Å². The molecule has 0 unspecified atom stereocenters. The van der Waals surface area contributed by atoms with Crippen molar-refractivity contribution >= 4 is 22.9 Å². The molecule has 0 spiro atoms. The maximum atomic E-state index is 12.6. The zero-order chi connectivity index (χ0) is 18.8. The predicted molar refractivity (Wildman–Crippen MR) is 100.0 cm³/mol. The lowest BCUT2D eigenvalue weighted by molar-refractivity contribution is -0.109. The van der Waals surface area contributed by atoms with E-state index in [1.165, 1.54) is 31.2 Å². The number of aliphatic hydroxyl groups excluding tert-OH is 1.